The number of hydrogen-bond donors (Lipinski definition) is 1. The van der Waals surface area contributed by atoms with Gasteiger partial charge in [0.25, 0.3) is 5.91 Å². The topological polar surface area (TPSA) is 90.7 Å². The molecule has 7 nitrogen and oxygen atoms in total. The van der Waals surface area contributed by atoms with Crippen LogP contribution in [0.4, 0.5) is 5.69 Å². The molecule has 1 aromatic heterocycles. The first-order valence-electron chi connectivity index (χ1n) is 7.14. The molecule has 0 spiro atoms. The summed E-state index contributed by atoms with van der Waals surface area (Å²) in [5.74, 6) is 0.00659. The second kappa shape index (κ2) is 7.44. The van der Waals surface area contributed by atoms with Crippen LogP contribution in [0.1, 0.15) is 28.7 Å². The Hall–Kier alpha value is -2.83. The number of nitrogens with one attached hydrogen (secondary N) is 1. The number of rotatable bonds is 6. The third kappa shape index (κ3) is 4.32. The lowest BCUT2D eigenvalue weighted by molar-refractivity contribution is -0.119. The number of nitrogens with zero attached hydrogens (tertiary/aromatic N) is 1. The standard InChI is InChI=1S/C16H18N2O5/c1-4-21-13-7-5-12(6-8-13)17-14(19)9-22-16(20)15-10(2)18-23-11(15)3/h5-8H,4,9H2,1-3H3,(H,17,19). The number of amides is 1. The van der Waals surface area contributed by atoms with Crippen molar-refractivity contribution < 1.29 is 23.6 Å². The van der Waals surface area contributed by atoms with Crippen molar-refractivity contribution in [1.29, 1.82) is 0 Å². The van der Waals surface area contributed by atoms with Crippen LogP contribution in [0.5, 0.6) is 5.75 Å². The van der Waals surface area contributed by atoms with E-state index in [1.54, 1.807) is 38.1 Å². The first kappa shape index (κ1) is 16.5. The molecule has 0 aliphatic heterocycles. The van der Waals surface area contributed by atoms with E-state index in [-0.39, 0.29) is 5.56 Å². The smallest absolute Gasteiger partial charge is 0.344 e. The van der Waals surface area contributed by atoms with Gasteiger partial charge in [0.2, 0.25) is 0 Å². The minimum Gasteiger partial charge on any atom is -0.494 e. The van der Waals surface area contributed by atoms with Gasteiger partial charge in [-0.2, -0.15) is 0 Å². The summed E-state index contributed by atoms with van der Waals surface area (Å²) >= 11 is 0. The molecule has 0 fully saturated rings. The zero-order valence-electron chi connectivity index (χ0n) is 13.2. The fraction of sp³-hybridized carbons (Fsp3) is 0.312. The normalized spacial score (nSPS) is 10.2. The van der Waals surface area contributed by atoms with Crippen molar-refractivity contribution in [1.82, 2.24) is 5.16 Å². The molecule has 0 saturated heterocycles. The SMILES string of the molecule is CCOc1ccc(NC(=O)COC(=O)c2c(C)noc2C)cc1. The Kier molecular flexibility index (Phi) is 5.35. The number of carbonyl (C=O) groups is 2. The minimum atomic E-state index is -0.636. The van der Waals surface area contributed by atoms with Gasteiger partial charge in [0, 0.05) is 5.69 Å². The number of benzene rings is 1. The predicted molar refractivity (Wildman–Crippen MR) is 82.5 cm³/mol. The Morgan fingerprint density at radius 1 is 1.22 bits per heavy atom. The molecular formula is C16H18N2O5. The Morgan fingerprint density at radius 3 is 2.48 bits per heavy atom. The number of esters is 1. The van der Waals surface area contributed by atoms with Crippen LogP contribution in [-0.4, -0.2) is 30.2 Å². The van der Waals surface area contributed by atoms with E-state index in [0.717, 1.165) is 5.75 Å². The van der Waals surface area contributed by atoms with Crippen molar-refractivity contribution in [2.45, 2.75) is 20.8 Å². The second-order valence-electron chi connectivity index (χ2n) is 4.78. The Labute approximate surface area is 133 Å². The fourth-order valence-corrected chi connectivity index (χ4v) is 1.98. The van der Waals surface area contributed by atoms with Crippen LogP contribution in [-0.2, 0) is 9.53 Å². The molecule has 0 bridgehead atoms. The van der Waals surface area contributed by atoms with Crippen LogP contribution in [0.2, 0.25) is 0 Å². The first-order chi connectivity index (χ1) is 11.0. The highest BCUT2D eigenvalue weighted by Crippen LogP contribution is 2.16. The van der Waals surface area contributed by atoms with E-state index in [1.807, 2.05) is 6.92 Å². The van der Waals surface area contributed by atoms with Gasteiger partial charge in [-0.15, -0.1) is 0 Å². The number of aryl methyl sites for hydroxylation is 2. The van der Waals surface area contributed by atoms with E-state index in [1.165, 1.54) is 0 Å². The molecule has 122 valence electrons. The lowest BCUT2D eigenvalue weighted by Crippen LogP contribution is -2.21. The average molecular weight is 318 g/mol. The quantitative estimate of drug-likeness (QED) is 0.823. The summed E-state index contributed by atoms with van der Waals surface area (Å²) in [7, 11) is 0. The molecule has 0 unspecified atom stereocenters. The van der Waals surface area contributed by atoms with Gasteiger partial charge in [-0.25, -0.2) is 4.79 Å². The van der Waals surface area contributed by atoms with Gasteiger partial charge in [0.05, 0.1) is 12.3 Å². The van der Waals surface area contributed by atoms with Crippen LogP contribution >= 0.6 is 0 Å². The van der Waals surface area contributed by atoms with Gasteiger partial charge >= 0.3 is 5.97 Å². The zero-order valence-corrected chi connectivity index (χ0v) is 13.2. The summed E-state index contributed by atoms with van der Waals surface area (Å²) in [6.45, 7) is 5.31. The Balaban J connectivity index is 1.86. The fourth-order valence-electron chi connectivity index (χ4n) is 1.98. The highest BCUT2D eigenvalue weighted by atomic mass is 16.5. The Morgan fingerprint density at radius 2 is 1.91 bits per heavy atom. The highest BCUT2D eigenvalue weighted by Gasteiger charge is 2.19. The maximum absolute atomic E-state index is 11.9. The van der Waals surface area contributed by atoms with Crippen molar-refractivity contribution in [3.8, 4) is 5.75 Å². The molecule has 0 aliphatic rings. The highest BCUT2D eigenvalue weighted by molar-refractivity contribution is 5.96. The molecule has 1 N–H and O–H groups in total. The van der Waals surface area contributed by atoms with Crippen LogP contribution in [0.3, 0.4) is 0 Å². The summed E-state index contributed by atoms with van der Waals surface area (Å²) in [5.41, 5.74) is 1.27. The molecule has 23 heavy (non-hydrogen) atoms. The summed E-state index contributed by atoms with van der Waals surface area (Å²) < 4.78 is 15.2. The third-order valence-corrected chi connectivity index (χ3v) is 3.02. The molecule has 7 heteroatoms. The molecule has 2 aromatic rings. The largest absolute Gasteiger partial charge is 0.494 e. The van der Waals surface area contributed by atoms with Crippen LogP contribution in [0, 0.1) is 13.8 Å². The van der Waals surface area contributed by atoms with Gasteiger partial charge in [-0.1, -0.05) is 5.16 Å². The van der Waals surface area contributed by atoms with Gasteiger partial charge in [-0.05, 0) is 45.0 Å². The van der Waals surface area contributed by atoms with Crippen LogP contribution in [0.15, 0.2) is 28.8 Å². The van der Waals surface area contributed by atoms with Gasteiger partial charge in [0.1, 0.15) is 17.1 Å². The van der Waals surface area contributed by atoms with Crippen molar-refractivity contribution >= 4 is 17.6 Å². The summed E-state index contributed by atoms with van der Waals surface area (Å²) in [6.07, 6.45) is 0. The molecular weight excluding hydrogens is 300 g/mol. The van der Waals surface area contributed by atoms with Gasteiger partial charge < -0.3 is 19.3 Å². The number of aromatic nitrogens is 1. The van der Waals surface area contributed by atoms with Crippen molar-refractivity contribution in [2.24, 2.45) is 0 Å². The second-order valence-corrected chi connectivity index (χ2v) is 4.78. The number of hydrogen-bond acceptors (Lipinski definition) is 6. The molecule has 0 radical (unpaired) electrons. The molecule has 2 rings (SSSR count). The monoisotopic (exact) mass is 318 g/mol. The lowest BCUT2D eigenvalue weighted by atomic mass is 10.2. The Bertz CT molecular complexity index is 671. The summed E-state index contributed by atoms with van der Waals surface area (Å²) in [4.78, 5) is 23.7. The van der Waals surface area contributed by atoms with E-state index in [0.29, 0.717) is 23.7 Å². The van der Waals surface area contributed by atoms with E-state index in [9.17, 15) is 9.59 Å². The van der Waals surface area contributed by atoms with Crippen molar-refractivity contribution in [3.63, 3.8) is 0 Å². The minimum absolute atomic E-state index is 0.249. The zero-order chi connectivity index (χ0) is 16.8. The van der Waals surface area contributed by atoms with Gasteiger partial charge in [0.15, 0.2) is 6.61 Å². The average Bonchev–Trinajstić information content (AvgIpc) is 2.86. The molecule has 0 atom stereocenters. The van der Waals surface area contributed by atoms with Gasteiger partial charge in [-0.3, -0.25) is 4.79 Å². The molecule has 0 aliphatic carbocycles. The summed E-state index contributed by atoms with van der Waals surface area (Å²) in [5, 5.41) is 6.30. The summed E-state index contributed by atoms with van der Waals surface area (Å²) in [6, 6.07) is 6.90. The number of ether oxygens (including phenoxy) is 2. The first-order valence-corrected chi connectivity index (χ1v) is 7.14. The van der Waals surface area contributed by atoms with E-state index in [4.69, 9.17) is 14.0 Å². The maximum atomic E-state index is 11.9. The number of carbonyl (C=O) groups excluding carboxylic acids is 2. The van der Waals surface area contributed by atoms with Crippen molar-refractivity contribution in [3.05, 3.63) is 41.3 Å². The van der Waals surface area contributed by atoms with Crippen molar-refractivity contribution in [2.75, 3.05) is 18.5 Å². The molecule has 1 aromatic carbocycles. The lowest BCUT2D eigenvalue weighted by Gasteiger charge is -2.07. The van der Waals surface area contributed by atoms with Crippen LogP contribution < -0.4 is 10.1 Å². The molecule has 1 heterocycles. The van der Waals surface area contributed by atoms with Crippen LogP contribution in [0.25, 0.3) is 0 Å². The van der Waals surface area contributed by atoms with E-state index < -0.39 is 18.5 Å². The van der Waals surface area contributed by atoms with E-state index >= 15 is 0 Å². The number of anilines is 1. The third-order valence-electron chi connectivity index (χ3n) is 3.02. The van der Waals surface area contributed by atoms with E-state index in [2.05, 4.69) is 10.5 Å². The maximum Gasteiger partial charge on any atom is 0.344 e. The molecule has 1 amide bonds. The predicted octanol–water partition coefficient (Wildman–Crippen LogP) is 2.49. The molecule has 0 saturated carbocycles.